The van der Waals surface area contributed by atoms with Gasteiger partial charge in [0.2, 0.25) is 0 Å². The summed E-state index contributed by atoms with van der Waals surface area (Å²) in [7, 11) is 0. The minimum atomic E-state index is -0.318. The van der Waals surface area contributed by atoms with Gasteiger partial charge < -0.3 is 19.6 Å². The Balaban J connectivity index is 0.000000120. The van der Waals surface area contributed by atoms with E-state index in [9.17, 15) is 36.7 Å². The number of alkyl halides is 4. The van der Waals surface area contributed by atoms with Gasteiger partial charge >= 0.3 is 0 Å². The quantitative estimate of drug-likeness (QED) is 0.0641. The van der Waals surface area contributed by atoms with E-state index in [1.165, 1.54) is 12.1 Å². The van der Waals surface area contributed by atoms with Crippen LogP contribution in [0.15, 0.2) is 166 Å². The molecule has 16 aromatic rings. The minimum absolute atomic E-state index is 0.115. The predicted octanol–water partition coefficient (Wildman–Crippen LogP) is 11.9. The standard InChI is InChI=1S/C24H28FN7O.C24H27FN6O.C23H26FN7O.C23H25FN6O/c1-3-19-22-13-21(28-32(22)15-17(2)26-19)20-14-24(33)31-16-18(5-6-23(31)27-20)30-11-9-29(10-12-30)8-4-7-25;1-16-14-31-22(17(2)26-16)12-21(28-31)20-13-24(32)30-15-19(4-5-23(30)27-20)18-6-10-29(11-7-18)9-3-8-25;1-3-18-21-12-20(27-31(21)14-16(2)25-18)19-13-23(32)30-15-17(4-5-22(30)26-19)29-10-8-28(7-6-24)9-11-29;1-15-13-30-21(16(2)25-15)11-20(27-30)19-12-23(31)29-14-18(3-4-22(29)26-19)17-5-8-28(9-6-17)10-7-24/h5-6,13-16H,3-4,7-12H2,1-2H3;4-5,12-15,18H,3,6-11H2,1-2H3;4-5,12-15H,3,6-11H2,1-2H3;3-4,11-14,17H,5-10H2,1-2H3. The molecule has 0 unspecified atom stereocenters. The molecular weight excluding hydrogens is 1630 g/mol. The lowest BCUT2D eigenvalue weighted by molar-refractivity contribution is 0.197. The lowest BCUT2D eigenvalue weighted by Gasteiger charge is -2.36. The Morgan fingerprint density at radius 2 is 0.602 bits per heavy atom. The topological polar surface area (TPSA) is 278 Å². The maximum atomic E-state index is 13.0. The Morgan fingerprint density at radius 3 is 0.938 bits per heavy atom. The predicted molar refractivity (Wildman–Crippen MR) is 488 cm³/mol. The van der Waals surface area contributed by atoms with Gasteiger partial charge in [0.25, 0.3) is 22.2 Å². The molecule has 664 valence electrons. The third-order valence-corrected chi connectivity index (χ3v) is 24.8. The number of likely N-dealkylation sites (tertiary alicyclic amines) is 2. The smallest absolute Gasteiger partial charge is 0.258 e. The van der Waals surface area contributed by atoms with Crippen molar-refractivity contribution in [3.8, 4) is 45.6 Å². The van der Waals surface area contributed by atoms with Gasteiger partial charge in [0.05, 0.1) is 140 Å². The molecule has 128 heavy (non-hydrogen) atoms. The van der Waals surface area contributed by atoms with Crippen molar-refractivity contribution in [1.82, 2.24) is 116 Å². The SMILES string of the molecule is CCc1nc(C)cn2nc(-c3cc(=O)n4cc(N5CCN(CCCF)CC5)ccc4n3)cc12.CCc1nc(C)cn2nc(-c3cc(=O)n4cc(N5CCN(CCF)CC5)ccc4n3)cc12.Cc1cn2nc(-c3cc(=O)n4cc(C5CCN(CCCF)CC5)ccc4n3)cc2c(C)n1.Cc1cn2nc(-c3cc(=O)n4cc(C5CCN(CCF)CC5)ccc4n3)cc2c(C)n1. The van der Waals surface area contributed by atoms with Gasteiger partial charge in [-0.3, -0.25) is 75.3 Å². The van der Waals surface area contributed by atoms with E-state index in [1.807, 2.05) is 161 Å². The Morgan fingerprint density at radius 1 is 0.305 bits per heavy atom. The van der Waals surface area contributed by atoms with Crippen molar-refractivity contribution < 1.29 is 17.6 Å². The minimum Gasteiger partial charge on any atom is -0.368 e. The van der Waals surface area contributed by atoms with Crippen LogP contribution in [-0.4, -0.2) is 247 Å². The summed E-state index contributed by atoms with van der Waals surface area (Å²) in [5, 5.41) is 18.5. The molecule has 0 aromatic carbocycles. The van der Waals surface area contributed by atoms with Gasteiger partial charge in [0, 0.05) is 128 Å². The maximum absolute atomic E-state index is 13.0. The second-order valence-electron chi connectivity index (χ2n) is 33.6. The van der Waals surface area contributed by atoms with Crippen LogP contribution in [0, 0.1) is 41.5 Å². The number of piperazine rings is 2. The summed E-state index contributed by atoms with van der Waals surface area (Å²) in [5.41, 5.74) is 21.9. The van der Waals surface area contributed by atoms with E-state index >= 15 is 0 Å². The molecule has 0 amide bonds. The van der Waals surface area contributed by atoms with E-state index < -0.39 is 0 Å². The van der Waals surface area contributed by atoms with Gasteiger partial charge in [0.15, 0.2) is 0 Å². The summed E-state index contributed by atoms with van der Waals surface area (Å²) < 4.78 is 63.6. The molecule has 0 bridgehead atoms. The summed E-state index contributed by atoms with van der Waals surface area (Å²) in [4.78, 5) is 102. The van der Waals surface area contributed by atoms with Crippen LogP contribution < -0.4 is 32.0 Å². The van der Waals surface area contributed by atoms with Crippen molar-refractivity contribution in [3.05, 3.63) is 245 Å². The molecule has 0 spiro atoms. The average Bonchev–Trinajstić information content (AvgIpc) is 1.16. The molecule has 0 atom stereocenters. The summed E-state index contributed by atoms with van der Waals surface area (Å²) >= 11 is 0. The molecular formula is C94H106F4N26O4. The summed E-state index contributed by atoms with van der Waals surface area (Å²) in [6, 6.07) is 29.6. The number of hydrogen-bond acceptors (Lipinski definition) is 22. The first-order valence-electron chi connectivity index (χ1n) is 44.3. The van der Waals surface area contributed by atoms with Crippen molar-refractivity contribution in [1.29, 1.82) is 0 Å². The number of aryl methyl sites for hydroxylation is 8. The third kappa shape index (κ3) is 19.0. The molecule has 0 aliphatic carbocycles. The van der Waals surface area contributed by atoms with Crippen LogP contribution in [0.1, 0.15) is 121 Å². The molecule has 30 nitrogen and oxygen atoms in total. The molecule has 4 aliphatic rings. The van der Waals surface area contributed by atoms with Crippen LogP contribution in [0.3, 0.4) is 0 Å². The van der Waals surface area contributed by atoms with Crippen LogP contribution >= 0.6 is 0 Å². The zero-order valence-electron chi connectivity index (χ0n) is 73.6. The molecule has 0 saturated carbocycles. The monoisotopic (exact) mass is 1740 g/mol. The fourth-order valence-electron chi connectivity index (χ4n) is 18.0. The summed E-state index contributed by atoms with van der Waals surface area (Å²) in [5.74, 6) is 0.786. The normalized spacial score (nSPS) is 15.4. The van der Waals surface area contributed by atoms with Crippen LogP contribution in [0.2, 0.25) is 0 Å². The van der Waals surface area contributed by atoms with E-state index in [1.54, 1.807) is 38.8 Å². The Labute approximate surface area is 735 Å². The maximum Gasteiger partial charge on any atom is 0.258 e. The highest BCUT2D eigenvalue weighted by atomic mass is 19.1. The molecule has 34 heteroatoms. The van der Waals surface area contributed by atoms with Crippen LogP contribution in [0.5, 0.6) is 0 Å². The summed E-state index contributed by atoms with van der Waals surface area (Å²) in [6.45, 7) is 27.7. The largest absolute Gasteiger partial charge is 0.368 e. The Hall–Kier alpha value is -12.9. The number of aromatic nitrogens is 20. The number of rotatable bonds is 20. The number of pyridine rings is 4. The number of fused-ring (bicyclic) bond motifs is 8. The molecule has 0 radical (unpaired) electrons. The summed E-state index contributed by atoms with van der Waals surface area (Å²) in [6.07, 6.45) is 21.8. The van der Waals surface area contributed by atoms with E-state index in [-0.39, 0.29) is 48.9 Å². The van der Waals surface area contributed by atoms with Gasteiger partial charge in [-0.25, -0.2) is 46.8 Å². The fourth-order valence-corrected chi connectivity index (χ4v) is 18.0. The number of halogens is 4. The van der Waals surface area contributed by atoms with E-state index in [4.69, 9.17) is 19.9 Å². The van der Waals surface area contributed by atoms with E-state index in [0.29, 0.717) is 106 Å². The Bertz CT molecular complexity index is 7010. The highest BCUT2D eigenvalue weighted by Gasteiger charge is 2.27. The molecule has 20 rings (SSSR count). The third-order valence-electron chi connectivity index (χ3n) is 24.8. The number of hydrogen-bond donors (Lipinski definition) is 0. The van der Waals surface area contributed by atoms with Crippen LogP contribution in [-0.2, 0) is 12.8 Å². The number of piperidine rings is 2. The van der Waals surface area contributed by atoms with E-state index in [0.717, 1.165) is 220 Å². The fraction of sp³-hybridized carbons (Fsp3) is 0.404. The molecule has 0 N–H and O–H groups in total. The first kappa shape index (κ1) is 87.2. The van der Waals surface area contributed by atoms with Gasteiger partial charge in [-0.05, 0) is 203 Å². The Kier molecular flexibility index (Phi) is 26.1. The lowest BCUT2D eigenvalue weighted by Crippen LogP contribution is -2.47. The zero-order valence-corrected chi connectivity index (χ0v) is 73.6. The van der Waals surface area contributed by atoms with Crippen LogP contribution in [0.4, 0.5) is 28.9 Å². The van der Waals surface area contributed by atoms with Gasteiger partial charge in [-0.1, -0.05) is 26.0 Å². The second kappa shape index (κ2) is 38.3. The highest BCUT2D eigenvalue weighted by Crippen LogP contribution is 2.33. The molecule has 4 saturated heterocycles. The van der Waals surface area contributed by atoms with E-state index in [2.05, 4.69) is 95.7 Å². The molecule has 20 heterocycles. The average molecular weight is 1740 g/mol. The van der Waals surface area contributed by atoms with Gasteiger partial charge in [-0.15, -0.1) is 0 Å². The van der Waals surface area contributed by atoms with Crippen molar-refractivity contribution >= 4 is 56.0 Å². The van der Waals surface area contributed by atoms with Gasteiger partial charge in [-0.2, -0.15) is 20.4 Å². The van der Waals surface area contributed by atoms with Crippen molar-refractivity contribution in [2.75, 3.05) is 141 Å². The first-order valence-corrected chi connectivity index (χ1v) is 44.3. The van der Waals surface area contributed by atoms with Crippen LogP contribution in [0.25, 0.3) is 90.2 Å². The second-order valence-corrected chi connectivity index (χ2v) is 33.6. The lowest BCUT2D eigenvalue weighted by atomic mass is 9.90. The zero-order chi connectivity index (χ0) is 89.0. The van der Waals surface area contributed by atoms with Crippen molar-refractivity contribution in [3.63, 3.8) is 0 Å². The van der Waals surface area contributed by atoms with Crippen molar-refractivity contribution in [2.24, 2.45) is 0 Å². The van der Waals surface area contributed by atoms with Crippen molar-refractivity contribution in [2.45, 2.75) is 119 Å². The highest BCUT2D eigenvalue weighted by molar-refractivity contribution is 5.71. The number of nitrogens with zero attached hydrogens (tertiary/aromatic N) is 26. The molecule has 4 fully saturated rings. The molecule has 16 aromatic heterocycles. The number of anilines is 2. The van der Waals surface area contributed by atoms with Gasteiger partial charge in [0.1, 0.15) is 58.7 Å². The first-order chi connectivity index (χ1) is 62.1. The molecule has 4 aliphatic heterocycles.